The van der Waals surface area contributed by atoms with Gasteiger partial charge in [0.15, 0.2) is 0 Å². The van der Waals surface area contributed by atoms with E-state index in [2.05, 4.69) is 37.9 Å². The Morgan fingerprint density at radius 3 is 2.29 bits per heavy atom. The van der Waals surface area contributed by atoms with Gasteiger partial charge in [-0.15, -0.1) is 0 Å². The van der Waals surface area contributed by atoms with E-state index in [4.69, 9.17) is 0 Å². The van der Waals surface area contributed by atoms with Crippen LogP contribution in [-0.4, -0.2) is 36.6 Å². The van der Waals surface area contributed by atoms with Crippen LogP contribution in [0.3, 0.4) is 0 Å². The van der Waals surface area contributed by atoms with Crippen LogP contribution in [0.2, 0.25) is 0 Å². The SMILES string of the molecule is CC1(C)CC(N2CCCC(C3CCCN3)C2)CC(C)(C)C1. The molecule has 2 heterocycles. The maximum absolute atomic E-state index is 3.76. The molecule has 0 bridgehead atoms. The fraction of sp³-hybridized carbons (Fsp3) is 1.00. The third kappa shape index (κ3) is 3.82. The minimum absolute atomic E-state index is 0.519. The van der Waals surface area contributed by atoms with Gasteiger partial charge in [-0.2, -0.15) is 0 Å². The average molecular weight is 293 g/mol. The molecule has 3 fully saturated rings. The van der Waals surface area contributed by atoms with Crippen molar-refractivity contribution < 1.29 is 0 Å². The predicted octanol–water partition coefficient (Wildman–Crippen LogP) is 4.06. The molecule has 0 amide bonds. The zero-order chi connectivity index (χ0) is 15.1. The van der Waals surface area contributed by atoms with Crippen molar-refractivity contribution in [3.63, 3.8) is 0 Å². The molecule has 2 unspecified atom stereocenters. The second-order valence-electron chi connectivity index (χ2n) is 9.67. The highest BCUT2D eigenvalue weighted by Gasteiger charge is 2.42. The van der Waals surface area contributed by atoms with Gasteiger partial charge in [0.1, 0.15) is 0 Å². The van der Waals surface area contributed by atoms with E-state index in [0.29, 0.717) is 10.8 Å². The van der Waals surface area contributed by atoms with Crippen LogP contribution >= 0.6 is 0 Å². The molecule has 2 saturated heterocycles. The van der Waals surface area contributed by atoms with Crippen LogP contribution in [0.15, 0.2) is 0 Å². The normalized spacial score (nSPS) is 37.7. The molecule has 2 atom stereocenters. The van der Waals surface area contributed by atoms with E-state index in [-0.39, 0.29) is 0 Å². The summed E-state index contributed by atoms with van der Waals surface area (Å²) in [4.78, 5) is 2.87. The van der Waals surface area contributed by atoms with Crippen molar-refractivity contribution >= 4 is 0 Å². The van der Waals surface area contributed by atoms with Gasteiger partial charge in [-0.05, 0) is 74.8 Å². The van der Waals surface area contributed by atoms with E-state index in [0.717, 1.165) is 18.0 Å². The van der Waals surface area contributed by atoms with Gasteiger partial charge >= 0.3 is 0 Å². The van der Waals surface area contributed by atoms with Gasteiger partial charge in [0.25, 0.3) is 0 Å². The second kappa shape index (κ2) is 5.85. The van der Waals surface area contributed by atoms with Crippen LogP contribution in [0.4, 0.5) is 0 Å². The number of hydrogen-bond acceptors (Lipinski definition) is 2. The molecule has 3 rings (SSSR count). The zero-order valence-electron chi connectivity index (χ0n) is 14.8. The van der Waals surface area contributed by atoms with Crippen LogP contribution < -0.4 is 5.32 Å². The number of likely N-dealkylation sites (tertiary alicyclic amines) is 1. The van der Waals surface area contributed by atoms with Gasteiger partial charge < -0.3 is 10.2 Å². The Morgan fingerprint density at radius 1 is 0.952 bits per heavy atom. The van der Waals surface area contributed by atoms with Gasteiger partial charge in [0, 0.05) is 18.6 Å². The van der Waals surface area contributed by atoms with Crippen LogP contribution in [0.1, 0.15) is 72.6 Å². The molecule has 21 heavy (non-hydrogen) atoms. The first-order valence-electron chi connectivity index (χ1n) is 9.32. The molecule has 0 radical (unpaired) electrons. The summed E-state index contributed by atoms with van der Waals surface area (Å²) in [6.45, 7) is 13.9. The fourth-order valence-electron chi connectivity index (χ4n) is 5.86. The lowest BCUT2D eigenvalue weighted by atomic mass is 9.63. The van der Waals surface area contributed by atoms with Gasteiger partial charge in [-0.3, -0.25) is 0 Å². The van der Waals surface area contributed by atoms with E-state index in [1.165, 1.54) is 64.6 Å². The van der Waals surface area contributed by atoms with Crippen molar-refractivity contribution in [1.82, 2.24) is 10.2 Å². The lowest BCUT2D eigenvalue weighted by molar-refractivity contribution is 0.00253. The molecule has 0 aromatic carbocycles. The summed E-state index contributed by atoms with van der Waals surface area (Å²) in [5.41, 5.74) is 1.04. The van der Waals surface area contributed by atoms with E-state index >= 15 is 0 Å². The van der Waals surface area contributed by atoms with Crippen molar-refractivity contribution in [2.45, 2.75) is 84.7 Å². The molecular formula is C19H36N2. The molecule has 0 aromatic heterocycles. The van der Waals surface area contributed by atoms with Gasteiger partial charge in [-0.1, -0.05) is 27.7 Å². The number of rotatable bonds is 2. The molecule has 1 N–H and O–H groups in total. The third-order valence-electron chi connectivity index (χ3n) is 6.21. The van der Waals surface area contributed by atoms with Crippen molar-refractivity contribution in [3.8, 4) is 0 Å². The van der Waals surface area contributed by atoms with Crippen molar-refractivity contribution in [2.75, 3.05) is 19.6 Å². The summed E-state index contributed by atoms with van der Waals surface area (Å²) < 4.78 is 0. The number of piperidine rings is 1. The Hall–Kier alpha value is -0.0800. The second-order valence-corrected chi connectivity index (χ2v) is 9.67. The van der Waals surface area contributed by atoms with E-state index < -0.39 is 0 Å². The molecule has 3 aliphatic rings. The summed E-state index contributed by atoms with van der Waals surface area (Å²) >= 11 is 0. The van der Waals surface area contributed by atoms with Crippen molar-refractivity contribution in [2.24, 2.45) is 16.7 Å². The minimum atomic E-state index is 0.519. The number of nitrogens with zero attached hydrogens (tertiary/aromatic N) is 1. The largest absolute Gasteiger partial charge is 0.314 e. The fourth-order valence-corrected chi connectivity index (χ4v) is 5.86. The smallest absolute Gasteiger partial charge is 0.0108 e. The molecule has 2 aliphatic heterocycles. The quantitative estimate of drug-likeness (QED) is 0.826. The maximum Gasteiger partial charge on any atom is 0.0108 e. The lowest BCUT2D eigenvalue weighted by Crippen LogP contribution is -2.52. The summed E-state index contributed by atoms with van der Waals surface area (Å²) in [7, 11) is 0. The predicted molar refractivity (Wildman–Crippen MR) is 90.5 cm³/mol. The van der Waals surface area contributed by atoms with Crippen molar-refractivity contribution in [1.29, 1.82) is 0 Å². The Morgan fingerprint density at radius 2 is 1.67 bits per heavy atom. The van der Waals surface area contributed by atoms with Crippen LogP contribution in [0.25, 0.3) is 0 Å². The monoisotopic (exact) mass is 292 g/mol. The van der Waals surface area contributed by atoms with E-state index in [1.54, 1.807) is 0 Å². The maximum atomic E-state index is 3.76. The Bertz CT molecular complexity index is 339. The first kappa shape index (κ1) is 15.8. The topological polar surface area (TPSA) is 15.3 Å². The molecule has 2 nitrogen and oxygen atoms in total. The molecule has 0 aromatic rings. The Kier molecular flexibility index (Phi) is 4.40. The molecular weight excluding hydrogens is 256 g/mol. The van der Waals surface area contributed by atoms with Crippen LogP contribution in [0.5, 0.6) is 0 Å². The van der Waals surface area contributed by atoms with Crippen molar-refractivity contribution in [3.05, 3.63) is 0 Å². The zero-order valence-corrected chi connectivity index (χ0v) is 14.8. The first-order chi connectivity index (χ1) is 9.85. The highest BCUT2D eigenvalue weighted by molar-refractivity contribution is 4.95. The third-order valence-corrected chi connectivity index (χ3v) is 6.21. The van der Waals surface area contributed by atoms with Gasteiger partial charge in [-0.25, -0.2) is 0 Å². The summed E-state index contributed by atoms with van der Waals surface area (Å²) in [5.74, 6) is 0.911. The van der Waals surface area contributed by atoms with Gasteiger partial charge in [0.2, 0.25) is 0 Å². The summed E-state index contributed by atoms with van der Waals surface area (Å²) in [6.07, 6.45) is 9.87. The standard InChI is InChI=1S/C19H36N2/c1-18(2)11-16(12-19(3,4)14-18)21-10-6-7-15(13-21)17-8-5-9-20-17/h15-17,20H,5-14H2,1-4H3. The highest BCUT2D eigenvalue weighted by atomic mass is 15.2. The minimum Gasteiger partial charge on any atom is -0.314 e. The molecule has 1 aliphatic carbocycles. The number of nitrogens with one attached hydrogen (secondary N) is 1. The Balaban J connectivity index is 1.65. The lowest BCUT2D eigenvalue weighted by Gasteiger charge is -2.50. The van der Waals surface area contributed by atoms with Crippen LogP contribution in [0, 0.1) is 16.7 Å². The Labute approximate surface area is 132 Å². The molecule has 0 spiro atoms. The summed E-state index contributed by atoms with van der Waals surface area (Å²) in [5, 5.41) is 3.76. The van der Waals surface area contributed by atoms with Crippen LogP contribution in [-0.2, 0) is 0 Å². The van der Waals surface area contributed by atoms with E-state index in [9.17, 15) is 0 Å². The first-order valence-corrected chi connectivity index (χ1v) is 9.32. The molecule has 122 valence electrons. The average Bonchev–Trinajstić information content (AvgIpc) is 2.89. The molecule has 1 saturated carbocycles. The summed E-state index contributed by atoms with van der Waals surface area (Å²) in [6, 6.07) is 1.64. The van der Waals surface area contributed by atoms with E-state index in [1.807, 2.05) is 0 Å². The number of hydrogen-bond donors (Lipinski definition) is 1. The molecule has 2 heteroatoms. The highest BCUT2D eigenvalue weighted by Crippen LogP contribution is 2.47. The van der Waals surface area contributed by atoms with Gasteiger partial charge in [0.05, 0.1) is 0 Å².